The number of halogens is 1. The van der Waals surface area contributed by atoms with Gasteiger partial charge in [0.15, 0.2) is 0 Å². The summed E-state index contributed by atoms with van der Waals surface area (Å²) in [6.45, 7) is 2.33. The van der Waals surface area contributed by atoms with Gasteiger partial charge in [0.2, 0.25) is 0 Å². The average Bonchev–Trinajstić information content (AvgIpc) is 2.23. The van der Waals surface area contributed by atoms with Crippen LogP contribution in [0.1, 0.15) is 11.7 Å². The fourth-order valence-electron chi connectivity index (χ4n) is 1.55. The third kappa shape index (κ3) is 2.08. The van der Waals surface area contributed by atoms with Gasteiger partial charge >= 0.3 is 0 Å². The van der Waals surface area contributed by atoms with Crippen LogP contribution in [-0.4, -0.2) is 24.8 Å². The smallest absolute Gasteiger partial charge is 0.121 e. The molecular weight excluding hydrogens is 246 g/mol. The Labute approximate surface area is 91.2 Å². The second-order valence-electron chi connectivity index (χ2n) is 3.27. The molecule has 0 radical (unpaired) electrons. The molecule has 1 saturated heterocycles. The summed E-state index contributed by atoms with van der Waals surface area (Å²) >= 11 is 3.38. The molecule has 1 atom stereocenters. The van der Waals surface area contributed by atoms with E-state index in [1.807, 2.05) is 12.1 Å². The molecule has 1 heterocycles. The topological polar surface area (TPSA) is 41.5 Å². The Hall–Kier alpha value is -0.580. The molecular formula is C10H12BrNO2. The predicted molar refractivity (Wildman–Crippen MR) is 57.4 cm³/mol. The van der Waals surface area contributed by atoms with Gasteiger partial charge in [-0.1, -0.05) is 15.9 Å². The van der Waals surface area contributed by atoms with Crippen LogP contribution >= 0.6 is 15.9 Å². The monoisotopic (exact) mass is 257 g/mol. The standard InChI is InChI=1S/C10H12BrNO2/c11-7-1-2-9(13)8(5-7)10-6-12-3-4-14-10/h1-2,5,10,12-13H,3-4,6H2. The highest BCUT2D eigenvalue weighted by Crippen LogP contribution is 2.30. The number of nitrogens with one attached hydrogen (secondary N) is 1. The van der Waals surface area contributed by atoms with E-state index >= 15 is 0 Å². The van der Waals surface area contributed by atoms with Crippen LogP contribution in [0.5, 0.6) is 5.75 Å². The van der Waals surface area contributed by atoms with Crippen molar-refractivity contribution in [2.45, 2.75) is 6.10 Å². The van der Waals surface area contributed by atoms with Crippen LogP contribution in [0.3, 0.4) is 0 Å². The van der Waals surface area contributed by atoms with E-state index in [9.17, 15) is 5.11 Å². The molecule has 0 bridgehead atoms. The van der Waals surface area contributed by atoms with Crippen molar-refractivity contribution in [1.82, 2.24) is 5.32 Å². The Balaban J connectivity index is 2.24. The SMILES string of the molecule is Oc1ccc(Br)cc1C1CNCCO1. The van der Waals surface area contributed by atoms with Crippen LogP contribution in [0.2, 0.25) is 0 Å². The summed E-state index contributed by atoms with van der Waals surface area (Å²) in [7, 11) is 0. The van der Waals surface area contributed by atoms with E-state index in [1.54, 1.807) is 6.07 Å². The van der Waals surface area contributed by atoms with Gasteiger partial charge in [0.05, 0.1) is 12.7 Å². The number of hydrogen-bond donors (Lipinski definition) is 2. The van der Waals surface area contributed by atoms with Crippen LogP contribution in [0.4, 0.5) is 0 Å². The number of phenols is 1. The number of phenolic OH excluding ortho intramolecular Hbond substituents is 1. The highest BCUT2D eigenvalue weighted by Gasteiger charge is 2.18. The van der Waals surface area contributed by atoms with Gasteiger partial charge < -0.3 is 15.2 Å². The molecule has 1 unspecified atom stereocenters. The summed E-state index contributed by atoms with van der Waals surface area (Å²) < 4.78 is 6.51. The first-order chi connectivity index (χ1) is 6.77. The van der Waals surface area contributed by atoms with E-state index in [4.69, 9.17) is 4.74 Å². The number of aromatic hydroxyl groups is 1. The summed E-state index contributed by atoms with van der Waals surface area (Å²) in [6, 6.07) is 5.39. The molecule has 0 aliphatic carbocycles. The van der Waals surface area contributed by atoms with E-state index in [0.29, 0.717) is 12.4 Å². The molecule has 1 aromatic carbocycles. The second kappa shape index (κ2) is 4.29. The van der Waals surface area contributed by atoms with Gasteiger partial charge in [0.25, 0.3) is 0 Å². The molecule has 0 spiro atoms. The number of benzene rings is 1. The van der Waals surface area contributed by atoms with Crippen LogP contribution in [0, 0.1) is 0 Å². The van der Waals surface area contributed by atoms with Gasteiger partial charge in [-0.2, -0.15) is 0 Å². The van der Waals surface area contributed by atoms with Crippen molar-refractivity contribution in [3.8, 4) is 5.75 Å². The molecule has 76 valence electrons. The largest absolute Gasteiger partial charge is 0.508 e. The van der Waals surface area contributed by atoms with E-state index in [2.05, 4.69) is 21.2 Å². The molecule has 1 aliphatic rings. The lowest BCUT2D eigenvalue weighted by Crippen LogP contribution is -2.33. The Morgan fingerprint density at radius 2 is 2.36 bits per heavy atom. The van der Waals surface area contributed by atoms with Crippen molar-refractivity contribution < 1.29 is 9.84 Å². The minimum absolute atomic E-state index is 0.0405. The van der Waals surface area contributed by atoms with Gasteiger partial charge in [-0.3, -0.25) is 0 Å². The fourth-order valence-corrected chi connectivity index (χ4v) is 1.93. The third-order valence-corrected chi connectivity index (χ3v) is 2.76. The zero-order valence-corrected chi connectivity index (χ0v) is 9.25. The van der Waals surface area contributed by atoms with Crippen molar-refractivity contribution >= 4 is 15.9 Å². The molecule has 1 aliphatic heterocycles. The van der Waals surface area contributed by atoms with Crippen molar-refractivity contribution in [1.29, 1.82) is 0 Å². The van der Waals surface area contributed by atoms with Gasteiger partial charge in [0.1, 0.15) is 5.75 Å². The molecule has 4 heteroatoms. The lowest BCUT2D eigenvalue weighted by Gasteiger charge is -2.24. The molecule has 3 nitrogen and oxygen atoms in total. The molecule has 0 saturated carbocycles. The molecule has 1 fully saturated rings. The first-order valence-corrected chi connectivity index (χ1v) is 5.37. The summed E-state index contributed by atoms with van der Waals surface area (Å²) in [4.78, 5) is 0. The van der Waals surface area contributed by atoms with E-state index in [0.717, 1.165) is 23.1 Å². The molecule has 2 rings (SSSR count). The number of morpholine rings is 1. The number of rotatable bonds is 1. The zero-order chi connectivity index (χ0) is 9.97. The Morgan fingerprint density at radius 1 is 1.50 bits per heavy atom. The molecule has 14 heavy (non-hydrogen) atoms. The third-order valence-electron chi connectivity index (χ3n) is 2.26. The van der Waals surface area contributed by atoms with Gasteiger partial charge in [-0.25, -0.2) is 0 Å². The van der Waals surface area contributed by atoms with Crippen LogP contribution in [-0.2, 0) is 4.74 Å². The van der Waals surface area contributed by atoms with E-state index < -0.39 is 0 Å². The summed E-state index contributed by atoms with van der Waals surface area (Å²) in [5.41, 5.74) is 0.839. The van der Waals surface area contributed by atoms with Crippen molar-refractivity contribution in [3.63, 3.8) is 0 Å². The molecule has 2 N–H and O–H groups in total. The number of hydrogen-bond acceptors (Lipinski definition) is 3. The molecule has 0 amide bonds. The summed E-state index contributed by atoms with van der Waals surface area (Å²) in [6.07, 6.45) is -0.0405. The Morgan fingerprint density at radius 3 is 3.07 bits per heavy atom. The average molecular weight is 258 g/mol. The first-order valence-electron chi connectivity index (χ1n) is 4.58. The maximum atomic E-state index is 9.66. The minimum atomic E-state index is -0.0405. The van der Waals surface area contributed by atoms with E-state index in [-0.39, 0.29) is 6.10 Å². The van der Waals surface area contributed by atoms with E-state index in [1.165, 1.54) is 0 Å². The lowest BCUT2D eigenvalue weighted by molar-refractivity contribution is 0.0263. The highest BCUT2D eigenvalue weighted by atomic mass is 79.9. The minimum Gasteiger partial charge on any atom is -0.508 e. The number of ether oxygens (including phenoxy) is 1. The second-order valence-corrected chi connectivity index (χ2v) is 4.18. The van der Waals surface area contributed by atoms with Crippen molar-refractivity contribution in [2.24, 2.45) is 0 Å². The Kier molecular flexibility index (Phi) is 3.05. The Bertz CT molecular complexity index is 324. The quantitative estimate of drug-likeness (QED) is 0.807. The van der Waals surface area contributed by atoms with Crippen LogP contribution in [0.25, 0.3) is 0 Å². The maximum Gasteiger partial charge on any atom is 0.121 e. The normalized spacial score (nSPS) is 22.2. The van der Waals surface area contributed by atoms with Gasteiger partial charge in [0, 0.05) is 23.1 Å². The van der Waals surface area contributed by atoms with Crippen molar-refractivity contribution in [3.05, 3.63) is 28.2 Å². The predicted octanol–water partition coefficient (Wildman–Crippen LogP) is 1.82. The fraction of sp³-hybridized carbons (Fsp3) is 0.400. The van der Waals surface area contributed by atoms with Gasteiger partial charge in [-0.15, -0.1) is 0 Å². The molecule has 0 aromatic heterocycles. The maximum absolute atomic E-state index is 9.66. The lowest BCUT2D eigenvalue weighted by atomic mass is 10.1. The summed E-state index contributed by atoms with van der Waals surface area (Å²) in [5.74, 6) is 0.293. The van der Waals surface area contributed by atoms with Gasteiger partial charge in [-0.05, 0) is 18.2 Å². The zero-order valence-electron chi connectivity index (χ0n) is 7.66. The molecule has 1 aromatic rings. The van der Waals surface area contributed by atoms with Crippen molar-refractivity contribution in [2.75, 3.05) is 19.7 Å². The van der Waals surface area contributed by atoms with Crippen LogP contribution in [0.15, 0.2) is 22.7 Å². The van der Waals surface area contributed by atoms with Crippen LogP contribution < -0.4 is 5.32 Å². The highest BCUT2D eigenvalue weighted by molar-refractivity contribution is 9.10. The first kappa shape index (κ1) is 9.96. The summed E-state index contributed by atoms with van der Waals surface area (Å²) in [5, 5.41) is 12.9.